The average Bonchev–Trinajstić information content (AvgIpc) is 3.10. The molecule has 4 aliphatic carbocycles. The first kappa shape index (κ1) is 24.0. The third-order valence-electron chi connectivity index (χ3n) is 10.3. The van der Waals surface area contributed by atoms with Crippen LogP contribution in [0.5, 0.6) is 0 Å². The van der Waals surface area contributed by atoms with Crippen molar-refractivity contribution in [3.8, 4) is 0 Å². The van der Waals surface area contributed by atoms with Crippen LogP contribution in [0.3, 0.4) is 0 Å². The van der Waals surface area contributed by atoms with E-state index in [1.165, 1.54) is 56.9 Å². The van der Waals surface area contributed by atoms with Crippen molar-refractivity contribution in [1.82, 2.24) is 0 Å². The first-order valence-electron chi connectivity index (χ1n) is 13.7. The molecule has 0 amide bonds. The van der Waals surface area contributed by atoms with Crippen molar-refractivity contribution >= 4 is 11.8 Å². The van der Waals surface area contributed by atoms with E-state index >= 15 is 0 Å². The van der Waals surface area contributed by atoms with E-state index in [-0.39, 0.29) is 28.8 Å². The standard InChI is InChI=1S/C29H46O3/c1-5-6-7-8-9-10-20(2)27(31)32-26-14-13-24-23-12-11-21-19-22(30)15-17-28(21,3)25(23)16-18-29(24,26)4/h19-20,23-26H,5-18H2,1-4H3/t20?,23-,24-,25-,26-,28-,29-/m0/s1. The van der Waals surface area contributed by atoms with Gasteiger partial charge >= 0.3 is 5.97 Å². The maximum atomic E-state index is 12.9. The zero-order chi connectivity index (χ0) is 22.9. The molecule has 0 saturated heterocycles. The minimum atomic E-state index is 0.0247. The summed E-state index contributed by atoms with van der Waals surface area (Å²) in [6.45, 7) is 9.17. The topological polar surface area (TPSA) is 43.4 Å². The highest BCUT2D eigenvalue weighted by atomic mass is 16.5. The SMILES string of the molecule is CCCCCCCC(C)C(=O)O[C@H]1CC[C@H]2[C@@H]3CCC4=CC(=O)CC[C@]4(C)[C@H]3CC[C@]12C. The van der Waals surface area contributed by atoms with Gasteiger partial charge in [0, 0.05) is 11.8 Å². The summed E-state index contributed by atoms with van der Waals surface area (Å²) in [6, 6.07) is 0. The Morgan fingerprint density at radius 1 is 1.03 bits per heavy atom. The second-order valence-electron chi connectivity index (χ2n) is 12.1. The van der Waals surface area contributed by atoms with E-state index in [4.69, 9.17) is 4.74 Å². The number of hydrogen-bond donors (Lipinski definition) is 0. The minimum Gasteiger partial charge on any atom is -0.462 e. The Morgan fingerprint density at radius 2 is 1.81 bits per heavy atom. The van der Waals surface area contributed by atoms with Crippen LogP contribution < -0.4 is 0 Å². The molecule has 0 aromatic carbocycles. The molecule has 7 atom stereocenters. The predicted octanol–water partition coefficient (Wildman–Crippen LogP) is 7.43. The third-order valence-corrected chi connectivity index (χ3v) is 10.3. The number of esters is 1. The van der Waals surface area contributed by atoms with Gasteiger partial charge < -0.3 is 4.74 Å². The van der Waals surface area contributed by atoms with Gasteiger partial charge in [-0.1, -0.05) is 65.4 Å². The summed E-state index contributed by atoms with van der Waals surface area (Å²) in [4.78, 5) is 25.0. The van der Waals surface area contributed by atoms with Crippen LogP contribution in [0.25, 0.3) is 0 Å². The van der Waals surface area contributed by atoms with Gasteiger partial charge in [0.05, 0.1) is 5.92 Å². The molecule has 3 nitrogen and oxygen atoms in total. The number of carbonyl (C=O) groups excluding carboxylic acids is 2. The Labute approximate surface area is 196 Å². The number of carbonyl (C=O) groups is 2. The minimum absolute atomic E-state index is 0.0247. The Hall–Kier alpha value is -1.12. The Morgan fingerprint density at radius 3 is 2.59 bits per heavy atom. The van der Waals surface area contributed by atoms with Crippen LogP contribution in [-0.2, 0) is 14.3 Å². The largest absolute Gasteiger partial charge is 0.462 e. The lowest BCUT2D eigenvalue weighted by Crippen LogP contribution is -2.51. The van der Waals surface area contributed by atoms with E-state index in [9.17, 15) is 9.59 Å². The average molecular weight is 443 g/mol. The van der Waals surface area contributed by atoms with Gasteiger partial charge in [-0.05, 0) is 80.6 Å². The van der Waals surface area contributed by atoms with Crippen molar-refractivity contribution in [1.29, 1.82) is 0 Å². The zero-order valence-corrected chi connectivity index (χ0v) is 21.1. The number of ether oxygens (including phenoxy) is 1. The summed E-state index contributed by atoms with van der Waals surface area (Å²) in [6.07, 6.45) is 18.0. The second kappa shape index (κ2) is 9.63. The molecule has 0 heterocycles. The van der Waals surface area contributed by atoms with Crippen LogP contribution in [0.2, 0.25) is 0 Å². The van der Waals surface area contributed by atoms with Gasteiger partial charge in [-0.15, -0.1) is 0 Å². The summed E-state index contributed by atoms with van der Waals surface area (Å²) in [5, 5.41) is 0. The summed E-state index contributed by atoms with van der Waals surface area (Å²) in [5.74, 6) is 2.50. The number of hydrogen-bond acceptors (Lipinski definition) is 3. The number of allylic oxidation sites excluding steroid dienone is 1. The van der Waals surface area contributed by atoms with Crippen LogP contribution >= 0.6 is 0 Å². The summed E-state index contributed by atoms with van der Waals surface area (Å²) >= 11 is 0. The molecule has 4 rings (SSSR count). The monoisotopic (exact) mass is 442 g/mol. The van der Waals surface area contributed by atoms with Gasteiger partial charge in [0.2, 0.25) is 0 Å². The molecule has 0 radical (unpaired) electrons. The van der Waals surface area contributed by atoms with Crippen molar-refractivity contribution in [3.63, 3.8) is 0 Å². The molecule has 0 aromatic heterocycles. The van der Waals surface area contributed by atoms with Gasteiger partial charge in [0.25, 0.3) is 0 Å². The zero-order valence-electron chi connectivity index (χ0n) is 21.1. The molecule has 0 aromatic rings. The van der Waals surface area contributed by atoms with Gasteiger partial charge in [0.15, 0.2) is 5.78 Å². The van der Waals surface area contributed by atoms with E-state index in [0.29, 0.717) is 17.6 Å². The highest BCUT2D eigenvalue weighted by Crippen LogP contribution is 2.65. The van der Waals surface area contributed by atoms with E-state index in [1.807, 2.05) is 6.08 Å². The van der Waals surface area contributed by atoms with Gasteiger partial charge in [0.1, 0.15) is 6.10 Å². The quantitative estimate of drug-likeness (QED) is 0.290. The van der Waals surface area contributed by atoms with Crippen molar-refractivity contribution < 1.29 is 14.3 Å². The molecule has 3 fully saturated rings. The van der Waals surface area contributed by atoms with Crippen LogP contribution in [-0.4, -0.2) is 17.9 Å². The lowest BCUT2D eigenvalue weighted by Gasteiger charge is -2.57. The summed E-state index contributed by atoms with van der Waals surface area (Å²) < 4.78 is 6.25. The smallest absolute Gasteiger partial charge is 0.308 e. The van der Waals surface area contributed by atoms with Crippen molar-refractivity contribution in [2.45, 2.75) is 124 Å². The van der Waals surface area contributed by atoms with E-state index in [1.54, 1.807) is 0 Å². The van der Waals surface area contributed by atoms with Crippen LogP contribution in [0.1, 0.15) is 118 Å². The first-order chi connectivity index (χ1) is 15.3. The first-order valence-corrected chi connectivity index (χ1v) is 13.7. The molecule has 3 saturated carbocycles. The van der Waals surface area contributed by atoms with E-state index in [2.05, 4.69) is 27.7 Å². The summed E-state index contributed by atoms with van der Waals surface area (Å²) in [5.41, 5.74) is 1.80. The van der Waals surface area contributed by atoms with Crippen LogP contribution in [0, 0.1) is 34.5 Å². The van der Waals surface area contributed by atoms with Crippen molar-refractivity contribution in [3.05, 3.63) is 11.6 Å². The summed E-state index contributed by atoms with van der Waals surface area (Å²) in [7, 11) is 0. The molecule has 180 valence electrons. The van der Waals surface area contributed by atoms with Crippen molar-refractivity contribution in [2.24, 2.45) is 34.5 Å². The Bertz CT molecular complexity index is 739. The second-order valence-corrected chi connectivity index (χ2v) is 12.1. The Kier molecular flexibility index (Phi) is 7.23. The van der Waals surface area contributed by atoms with Crippen LogP contribution in [0.15, 0.2) is 11.6 Å². The molecule has 3 heteroatoms. The number of rotatable bonds is 8. The van der Waals surface area contributed by atoms with Gasteiger partial charge in [-0.2, -0.15) is 0 Å². The highest BCUT2D eigenvalue weighted by Gasteiger charge is 2.60. The molecule has 32 heavy (non-hydrogen) atoms. The maximum absolute atomic E-state index is 12.9. The van der Waals surface area contributed by atoms with E-state index in [0.717, 1.165) is 44.4 Å². The molecule has 0 spiro atoms. The normalized spacial score (nSPS) is 39.5. The van der Waals surface area contributed by atoms with Gasteiger partial charge in [-0.25, -0.2) is 0 Å². The fourth-order valence-electron chi connectivity index (χ4n) is 8.13. The molecule has 0 aliphatic heterocycles. The number of fused-ring (bicyclic) bond motifs is 5. The lowest BCUT2D eigenvalue weighted by molar-refractivity contribution is -0.164. The molecule has 0 bridgehead atoms. The van der Waals surface area contributed by atoms with Crippen molar-refractivity contribution in [2.75, 3.05) is 0 Å². The lowest BCUT2D eigenvalue weighted by atomic mass is 9.47. The highest BCUT2D eigenvalue weighted by molar-refractivity contribution is 5.91. The molecular weight excluding hydrogens is 396 g/mol. The molecule has 4 aliphatic rings. The molecule has 1 unspecified atom stereocenters. The van der Waals surface area contributed by atoms with Gasteiger partial charge in [-0.3, -0.25) is 9.59 Å². The Balaban J connectivity index is 1.37. The van der Waals surface area contributed by atoms with Crippen LogP contribution in [0.4, 0.5) is 0 Å². The third kappa shape index (κ3) is 4.34. The fraction of sp³-hybridized carbons (Fsp3) is 0.862. The number of unbranched alkanes of at least 4 members (excludes halogenated alkanes) is 4. The molecular formula is C29H46O3. The predicted molar refractivity (Wildman–Crippen MR) is 129 cm³/mol. The number of ketones is 1. The maximum Gasteiger partial charge on any atom is 0.308 e. The van der Waals surface area contributed by atoms with E-state index < -0.39 is 0 Å². The molecule has 0 N–H and O–H groups in total. The fourth-order valence-corrected chi connectivity index (χ4v) is 8.13.